The van der Waals surface area contributed by atoms with E-state index in [2.05, 4.69) is 0 Å². The second kappa shape index (κ2) is 5.24. The highest BCUT2D eigenvalue weighted by atomic mass is 16.5. The van der Waals surface area contributed by atoms with Crippen LogP contribution in [0.15, 0.2) is 18.2 Å². The Hall–Kier alpha value is -1.71. The summed E-state index contributed by atoms with van der Waals surface area (Å²) in [6.45, 7) is 2.53. The van der Waals surface area contributed by atoms with Crippen molar-refractivity contribution in [2.75, 3.05) is 12.3 Å². The molecule has 0 bridgehead atoms. The van der Waals surface area contributed by atoms with Gasteiger partial charge in [-0.1, -0.05) is 13.3 Å². The first kappa shape index (κ1) is 11.4. The van der Waals surface area contributed by atoms with E-state index in [0.29, 0.717) is 18.0 Å². The summed E-state index contributed by atoms with van der Waals surface area (Å²) in [5, 5.41) is 10.8. The number of hydrogen-bond donors (Lipinski definition) is 1. The van der Waals surface area contributed by atoms with Gasteiger partial charge >= 0.3 is 0 Å². The van der Waals surface area contributed by atoms with Crippen LogP contribution in [0.5, 0.6) is 5.75 Å². The highest BCUT2D eigenvalue weighted by Crippen LogP contribution is 2.20. The molecule has 0 aliphatic heterocycles. The average molecular weight is 208 g/mol. The summed E-state index contributed by atoms with van der Waals surface area (Å²) >= 11 is 0. The molecule has 0 amide bonds. The van der Waals surface area contributed by atoms with Gasteiger partial charge < -0.3 is 20.4 Å². The topological polar surface area (TPSA) is 75.4 Å². The van der Waals surface area contributed by atoms with Crippen molar-refractivity contribution in [3.8, 4) is 5.75 Å². The minimum Gasteiger partial charge on any atom is -0.545 e. The van der Waals surface area contributed by atoms with Crippen LogP contribution in [-0.4, -0.2) is 12.6 Å². The lowest BCUT2D eigenvalue weighted by Crippen LogP contribution is -2.23. The van der Waals surface area contributed by atoms with E-state index in [0.717, 1.165) is 12.8 Å². The third-order valence-electron chi connectivity index (χ3n) is 1.98. The fourth-order valence-electron chi connectivity index (χ4n) is 1.16. The Morgan fingerprint density at radius 3 is 2.87 bits per heavy atom. The summed E-state index contributed by atoms with van der Waals surface area (Å²) in [7, 11) is 0. The lowest BCUT2D eigenvalue weighted by molar-refractivity contribution is -0.255. The molecular weight excluding hydrogens is 194 g/mol. The molecule has 0 unspecified atom stereocenters. The molecule has 0 fully saturated rings. The van der Waals surface area contributed by atoms with Crippen LogP contribution in [-0.2, 0) is 0 Å². The van der Waals surface area contributed by atoms with Crippen LogP contribution in [0.2, 0.25) is 0 Å². The summed E-state index contributed by atoms with van der Waals surface area (Å²) in [5.74, 6) is -0.952. The molecule has 0 aliphatic rings. The number of rotatable bonds is 5. The van der Waals surface area contributed by atoms with Crippen molar-refractivity contribution in [1.29, 1.82) is 0 Å². The van der Waals surface area contributed by atoms with Crippen LogP contribution < -0.4 is 15.6 Å². The predicted molar refractivity (Wildman–Crippen MR) is 55.6 cm³/mol. The third-order valence-corrected chi connectivity index (χ3v) is 1.98. The van der Waals surface area contributed by atoms with Crippen molar-refractivity contribution in [3.63, 3.8) is 0 Å². The van der Waals surface area contributed by atoms with Crippen LogP contribution in [0.3, 0.4) is 0 Å². The van der Waals surface area contributed by atoms with Crippen molar-refractivity contribution in [3.05, 3.63) is 23.8 Å². The number of aromatic carboxylic acids is 1. The van der Waals surface area contributed by atoms with E-state index in [9.17, 15) is 9.90 Å². The number of carbonyl (C=O) groups is 1. The largest absolute Gasteiger partial charge is 0.545 e. The first-order valence-corrected chi connectivity index (χ1v) is 4.88. The molecule has 0 heterocycles. The first-order chi connectivity index (χ1) is 7.15. The Morgan fingerprint density at radius 2 is 2.27 bits per heavy atom. The summed E-state index contributed by atoms with van der Waals surface area (Å²) in [4.78, 5) is 10.8. The summed E-state index contributed by atoms with van der Waals surface area (Å²) in [6, 6.07) is 4.50. The van der Waals surface area contributed by atoms with Gasteiger partial charge in [-0.3, -0.25) is 0 Å². The molecule has 1 rings (SSSR count). The van der Waals surface area contributed by atoms with E-state index in [1.165, 1.54) is 6.07 Å². The number of unbranched alkanes of at least 4 members (excludes halogenated alkanes) is 1. The van der Waals surface area contributed by atoms with E-state index in [4.69, 9.17) is 10.5 Å². The molecule has 15 heavy (non-hydrogen) atoms. The van der Waals surface area contributed by atoms with Crippen LogP contribution in [0.1, 0.15) is 30.1 Å². The molecule has 0 spiro atoms. The Bertz CT molecular complexity index is 350. The molecule has 1 aromatic rings. The third kappa shape index (κ3) is 3.16. The maximum atomic E-state index is 10.8. The number of hydrogen-bond acceptors (Lipinski definition) is 4. The molecule has 0 aliphatic carbocycles. The molecule has 4 nitrogen and oxygen atoms in total. The van der Waals surface area contributed by atoms with Crippen molar-refractivity contribution in [1.82, 2.24) is 0 Å². The Kier molecular flexibility index (Phi) is 3.97. The van der Waals surface area contributed by atoms with Crippen molar-refractivity contribution in [2.45, 2.75) is 19.8 Å². The molecule has 0 aromatic heterocycles. The molecular formula is C11H14NO3-. The van der Waals surface area contributed by atoms with Crippen LogP contribution in [0.25, 0.3) is 0 Å². The number of anilines is 1. The fraction of sp³-hybridized carbons (Fsp3) is 0.364. The van der Waals surface area contributed by atoms with Gasteiger partial charge in [0.25, 0.3) is 0 Å². The number of ether oxygens (including phenoxy) is 1. The van der Waals surface area contributed by atoms with E-state index in [1.807, 2.05) is 6.92 Å². The normalized spacial score (nSPS) is 9.93. The number of nitrogen functional groups attached to an aromatic ring is 1. The molecule has 4 heteroatoms. The standard InChI is InChI=1S/C11H15NO3/c1-2-3-6-15-10-5-4-8(12)7-9(10)11(13)14/h4-5,7H,2-3,6,12H2,1H3,(H,13,14)/p-1. The van der Waals surface area contributed by atoms with Gasteiger partial charge in [0, 0.05) is 11.3 Å². The predicted octanol–water partition coefficient (Wildman–Crippen LogP) is 0.811. The molecule has 2 N–H and O–H groups in total. The van der Waals surface area contributed by atoms with E-state index in [1.54, 1.807) is 12.1 Å². The number of carboxylic acids is 1. The van der Waals surface area contributed by atoms with Gasteiger partial charge in [0.05, 0.1) is 12.6 Å². The van der Waals surface area contributed by atoms with Gasteiger partial charge in [-0.25, -0.2) is 0 Å². The lowest BCUT2D eigenvalue weighted by atomic mass is 10.2. The molecule has 1 aromatic carbocycles. The number of benzene rings is 1. The fourth-order valence-corrected chi connectivity index (χ4v) is 1.16. The van der Waals surface area contributed by atoms with Crippen LogP contribution >= 0.6 is 0 Å². The Labute approximate surface area is 88.7 Å². The monoisotopic (exact) mass is 208 g/mol. The summed E-state index contributed by atoms with van der Waals surface area (Å²) in [6.07, 6.45) is 1.88. The van der Waals surface area contributed by atoms with Gasteiger partial charge in [-0.2, -0.15) is 0 Å². The van der Waals surface area contributed by atoms with Crippen LogP contribution in [0.4, 0.5) is 5.69 Å². The highest BCUT2D eigenvalue weighted by Gasteiger charge is 2.04. The molecule has 82 valence electrons. The van der Waals surface area contributed by atoms with Gasteiger partial charge in [0.1, 0.15) is 5.75 Å². The maximum absolute atomic E-state index is 10.8. The average Bonchev–Trinajstić information content (AvgIpc) is 2.20. The van der Waals surface area contributed by atoms with Gasteiger partial charge in [-0.05, 0) is 24.6 Å². The molecule has 0 saturated carbocycles. The quantitative estimate of drug-likeness (QED) is 0.574. The summed E-state index contributed by atoms with van der Waals surface area (Å²) in [5.41, 5.74) is 5.87. The SMILES string of the molecule is CCCCOc1ccc(N)cc1C(=O)[O-]. The van der Waals surface area contributed by atoms with Gasteiger partial charge in [0.2, 0.25) is 0 Å². The van der Waals surface area contributed by atoms with Crippen molar-refractivity contribution in [2.24, 2.45) is 0 Å². The molecule has 0 atom stereocenters. The second-order valence-corrected chi connectivity index (χ2v) is 3.25. The minimum atomic E-state index is -1.27. The minimum absolute atomic E-state index is 0.00565. The lowest BCUT2D eigenvalue weighted by Gasteiger charge is -2.12. The number of carbonyl (C=O) groups excluding carboxylic acids is 1. The zero-order chi connectivity index (χ0) is 11.3. The van der Waals surface area contributed by atoms with Crippen LogP contribution in [0, 0.1) is 0 Å². The Balaban J connectivity index is 2.81. The van der Waals surface area contributed by atoms with E-state index < -0.39 is 5.97 Å². The molecule has 0 radical (unpaired) electrons. The maximum Gasteiger partial charge on any atom is 0.128 e. The zero-order valence-electron chi connectivity index (χ0n) is 8.66. The van der Waals surface area contributed by atoms with E-state index >= 15 is 0 Å². The van der Waals surface area contributed by atoms with E-state index in [-0.39, 0.29) is 5.56 Å². The molecule has 0 saturated heterocycles. The zero-order valence-corrected chi connectivity index (χ0v) is 8.66. The van der Waals surface area contributed by atoms with Crippen molar-refractivity contribution < 1.29 is 14.6 Å². The highest BCUT2D eigenvalue weighted by molar-refractivity contribution is 5.90. The summed E-state index contributed by atoms with van der Waals surface area (Å²) < 4.78 is 5.32. The van der Waals surface area contributed by atoms with Crippen molar-refractivity contribution >= 4 is 11.7 Å². The van der Waals surface area contributed by atoms with Gasteiger partial charge in [-0.15, -0.1) is 0 Å². The Morgan fingerprint density at radius 1 is 1.53 bits per heavy atom. The second-order valence-electron chi connectivity index (χ2n) is 3.25. The smallest absolute Gasteiger partial charge is 0.128 e. The number of nitrogens with two attached hydrogens (primary N) is 1. The first-order valence-electron chi connectivity index (χ1n) is 4.88. The number of carboxylic acid groups (broad SMARTS) is 1. The van der Waals surface area contributed by atoms with Gasteiger partial charge in [0.15, 0.2) is 0 Å².